The van der Waals surface area contributed by atoms with Gasteiger partial charge in [-0.05, 0) is 54.1 Å². The third-order valence-corrected chi connectivity index (χ3v) is 6.52. The van der Waals surface area contributed by atoms with Gasteiger partial charge >= 0.3 is 0 Å². The number of nitrogens with one attached hydrogen (secondary N) is 2. The first-order chi connectivity index (χ1) is 16.1. The van der Waals surface area contributed by atoms with E-state index in [2.05, 4.69) is 15.6 Å². The summed E-state index contributed by atoms with van der Waals surface area (Å²) >= 11 is 1.51. The first-order valence-corrected chi connectivity index (χ1v) is 11.8. The zero-order chi connectivity index (χ0) is 23.0. The van der Waals surface area contributed by atoms with Gasteiger partial charge in [0.25, 0.3) is 5.91 Å². The molecule has 1 saturated carbocycles. The lowest BCUT2D eigenvalue weighted by molar-refractivity contribution is -0.141. The fourth-order valence-electron chi connectivity index (χ4n) is 4.02. The summed E-state index contributed by atoms with van der Waals surface area (Å²) in [7, 11) is 0. The Labute approximate surface area is 196 Å². The lowest BCUT2D eigenvalue weighted by Gasteiger charge is -2.32. The molecule has 4 rings (SSSR count). The zero-order valence-corrected chi connectivity index (χ0v) is 18.9. The van der Waals surface area contributed by atoms with Crippen LogP contribution in [0.1, 0.15) is 52.7 Å². The van der Waals surface area contributed by atoms with Gasteiger partial charge in [0.05, 0.1) is 19.4 Å². The van der Waals surface area contributed by atoms with Crippen molar-refractivity contribution >= 4 is 29.1 Å². The largest absolute Gasteiger partial charge is 0.459 e. The minimum absolute atomic E-state index is 0.110. The summed E-state index contributed by atoms with van der Waals surface area (Å²) in [5.74, 6) is -0.959. The Bertz CT molecular complexity index is 1050. The molecule has 3 aromatic heterocycles. The van der Waals surface area contributed by atoms with Crippen LogP contribution in [0, 0.1) is 0 Å². The average molecular weight is 467 g/mol. The van der Waals surface area contributed by atoms with Gasteiger partial charge in [0.15, 0.2) is 5.76 Å². The molecule has 0 radical (unpaired) electrons. The first-order valence-electron chi connectivity index (χ1n) is 11.0. The van der Waals surface area contributed by atoms with Gasteiger partial charge < -0.3 is 20.0 Å². The van der Waals surface area contributed by atoms with E-state index in [4.69, 9.17) is 4.42 Å². The van der Waals surface area contributed by atoms with Crippen LogP contribution in [0.4, 0.5) is 0 Å². The Morgan fingerprint density at radius 2 is 1.91 bits per heavy atom. The summed E-state index contributed by atoms with van der Waals surface area (Å²) in [5.41, 5.74) is 0.669. The van der Waals surface area contributed by atoms with Crippen LogP contribution in [-0.4, -0.2) is 40.2 Å². The third-order valence-electron chi connectivity index (χ3n) is 5.66. The van der Waals surface area contributed by atoms with E-state index in [9.17, 15) is 14.4 Å². The van der Waals surface area contributed by atoms with Crippen molar-refractivity contribution in [3.05, 3.63) is 76.6 Å². The molecule has 0 bridgehead atoms. The van der Waals surface area contributed by atoms with Crippen molar-refractivity contribution < 1.29 is 18.8 Å². The van der Waals surface area contributed by atoms with Crippen LogP contribution in [0.2, 0.25) is 0 Å². The van der Waals surface area contributed by atoms with Gasteiger partial charge in [-0.25, -0.2) is 0 Å². The number of carbonyl (C=O) groups is 3. The van der Waals surface area contributed by atoms with E-state index in [1.54, 1.807) is 30.6 Å². The fourth-order valence-corrected chi connectivity index (χ4v) is 4.72. The number of furan rings is 1. The van der Waals surface area contributed by atoms with Crippen LogP contribution in [0.5, 0.6) is 0 Å². The molecule has 1 aliphatic carbocycles. The molecule has 3 amide bonds. The van der Waals surface area contributed by atoms with Crippen molar-refractivity contribution in [2.75, 3.05) is 6.54 Å². The second-order valence-corrected chi connectivity index (χ2v) is 8.97. The van der Waals surface area contributed by atoms with Gasteiger partial charge in [-0.2, -0.15) is 0 Å². The Morgan fingerprint density at radius 3 is 2.58 bits per heavy atom. The lowest BCUT2D eigenvalue weighted by Crippen LogP contribution is -2.48. The molecule has 1 fully saturated rings. The molecule has 3 heterocycles. The molecule has 1 aliphatic rings. The fraction of sp³-hybridized carbons (Fsp3) is 0.333. The van der Waals surface area contributed by atoms with E-state index in [1.165, 1.54) is 28.6 Å². The third kappa shape index (κ3) is 5.87. The van der Waals surface area contributed by atoms with E-state index < -0.39 is 11.9 Å². The number of thiophene rings is 1. The number of hydrogen-bond acceptors (Lipinski definition) is 6. The summed E-state index contributed by atoms with van der Waals surface area (Å²) in [5, 5.41) is 7.65. The highest BCUT2D eigenvalue weighted by atomic mass is 32.1. The summed E-state index contributed by atoms with van der Waals surface area (Å²) in [6, 6.07) is 9.71. The van der Waals surface area contributed by atoms with Crippen molar-refractivity contribution in [2.45, 2.75) is 44.3 Å². The molecule has 2 N–H and O–H groups in total. The summed E-state index contributed by atoms with van der Waals surface area (Å²) in [6.45, 7) is -0.0125. The second-order valence-electron chi connectivity index (χ2n) is 7.93. The van der Waals surface area contributed by atoms with Crippen molar-refractivity contribution in [3.8, 4) is 0 Å². The lowest BCUT2D eigenvalue weighted by atomic mass is 10.0. The predicted octanol–water partition coefficient (Wildman–Crippen LogP) is 3.29. The summed E-state index contributed by atoms with van der Waals surface area (Å²) in [4.78, 5) is 45.7. The first kappa shape index (κ1) is 22.7. The smallest absolute Gasteiger partial charge is 0.287 e. The standard InChI is InChI=1S/C24H26N4O4S/c29-21(15-26-23(30)20-8-3-13-32-20)28(16-19-7-4-14-33-19)22(17-9-11-25-12-10-17)24(31)27-18-5-1-2-6-18/h3-4,7-14,18,22H,1-2,5-6,15-16H2,(H,26,30)(H,27,31)/t22-/m1/s1. The van der Waals surface area contributed by atoms with Crippen molar-refractivity contribution in [3.63, 3.8) is 0 Å². The number of hydrogen-bond donors (Lipinski definition) is 2. The number of amides is 3. The van der Waals surface area contributed by atoms with Crippen LogP contribution in [-0.2, 0) is 16.1 Å². The number of aromatic nitrogens is 1. The Balaban J connectivity index is 1.58. The van der Waals surface area contributed by atoms with Crippen LogP contribution in [0.25, 0.3) is 0 Å². The van der Waals surface area contributed by atoms with Crippen LogP contribution >= 0.6 is 11.3 Å². The number of nitrogens with zero attached hydrogens (tertiary/aromatic N) is 2. The monoisotopic (exact) mass is 466 g/mol. The Morgan fingerprint density at radius 1 is 1.12 bits per heavy atom. The Hall–Kier alpha value is -3.46. The minimum Gasteiger partial charge on any atom is -0.459 e. The van der Waals surface area contributed by atoms with Gasteiger partial charge in [0, 0.05) is 23.3 Å². The van der Waals surface area contributed by atoms with Crippen LogP contribution in [0.15, 0.2) is 64.9 Å². The molecule has 1 atom stereocenters. The van der Waals surface area contributed by atoms with Crippen molar-refractivity contribution in [2.24, 2.45) is 0 Å². The second kappa shape index (κ2) is 10.9. The molecule has 172 valence electrons. The van der Waals surface area contributed by atoms with Crippen LogP contribution < -0.4 is 10.6 Å². The molecule has 0 saturated heterocycles. The highest BCUT2D eigenvalue weighted by Gasteiger charge is 2.33. The molecule has 0 spiro atoms. The van der Waals surface area contributed by atoms with E-state index in [1.807, 2.05) is 17.5 Å². The molecule has 0 unspecified atom stereocenters. The van der Waals surface area contributed by atoms with E-state index >= 15 is 0 Å². The molecule has 0 aliphatic heterocycles. The average Bonchev–Trinajstić information content (AvgIpc) is 3.61. The zero-order valence-electron chi connectivity index (χ0n) is 18.1. The van der Waals surface area contributed by atoms with Gasteiger partial charge in [0.2, 0.25) is 11.8 Å². The normalized spacial score (nSPS) is 14.5. The predicted molar refractivity (Wildman–Crippen MR) is 123 cm³/mol. The SMILES string of the molecule is O=C(NCC(=O)N(Cc1cccs1)[C@@H](C(=O)NC1CCCC1)c1ccncc1)c1ccco1. The molecule has 33 heavy (non-hydrogen) atoms. The summed E-state index contributed by atoms with van der Waals surface area (Å²) in [6.07, 6.45) is 8.66. The highest BCUT2D eigenvalue weighted by molar-refractivity contribution is 7.09. The molecular formula is C24H26N4O4S. The maximum atomic E-state index is 13.5. The van der Waals surface area contributed by atoms with Gasteiger partial charge in [-0.15, -0.1) is 11.3 Å². The Kier molecular flexibility index (Phi) is 7.51. The molecule has 9 heteroatoms. The topological polar surface area (TPSA) is 105 Å². The summed E-state index contributed by atoms with van der Waals surface area (Å²) < 4.78 is 5.10. The van der Waals surface area contributed by atoms with Crippen LogP contribution in [0.3, 0.4) is 0 Å². The van der Waals surface area contributed by atoms with Gasteiger partial charge in [-0.3, -0.25) is 19.4 Å². The van der Waals surface area contributed by atoms with E-state index in [0.29, 0.717) is 5.56 Å². The molecule has 3 aromatic rings. The maximum Gasteiger partial charge on any atom is 0.287 e. The number of carbonyl (C=O) groups excluding carboxylic acids is 3. The quantitative estimate of drug-likeness (QED) is 0.504. The van der Waals surface area contributed by atoms with E-state index in [0.717, 1.165) is 30.6 Å². The molecule has 0 aromatic carbocycles. The van der Waals surface area contributed by atoms with Crippen molar-refractivity contribution in [1.82, 2.24) is 20.5 Å². The van der Waals surface area contributed by atoms with E-state index in [-0.39, 0.29) is 36.7 Å². The van der Waals surface area contributed by atoms with Gasteiger partial charge in [0.1, 0.15) is 6.04 Å². The minimum atomic E-state index is -0.844. The van der Waals surface area contributed by atoms with Gasteiger partial charge in [-0.1, -0.05) is 18.9 Å². The number of rotatable bonds is 9. The maximum absolute atomic E-state index is 13.5. The molecule has 8 nitrogen and oxygen atoms in total. The van der Waals surface area contributed by atoms with Crippen molar-refractivity contribution in [1.29, 1.82) is 0 Å². The molecular weight excluding hydrogens is 440 g/mol. The number of pyridine rings is 1. The highest BCUT2D eigenvalue weighted by Crippen LogP contribution is 2.26.